The maximum atomic E-state index is 12.5. The van der Waals surface area contributed by atoms with Gasteiger partial charge >= 0.3 is 0 Å². The molecule has 0 fully saturated rings. The Morgan fingerprint density at radius 1 is 1.09 bits per heavy atom. The van der Waals surface area contributed by atoms with Gasteiger partial charge in [-0.15, -0.1) is 11.3 Å². The first kappa shape index (κ1) is 23.7. The number of hydrogen-bond donors (Lipinski definition) is 1. The summed E-state index contributed by atoms with van der Waals surface area (Å²) in [6.45, 7) is 8.97. The molecule has 2 aromatic carbocycles. The van der Waals surface area contributed by atoms with Gasteiger partial charge in [0, 0.05) is 17.5 Å². The Bertz CT molecular complexity index is 1270. The smallest absolute Gasteiger partial charge is 0.226 e. The Balaban J connectivity index is 1.51. The van der Waals surface area contributed by atoms with Crippen LogP contribution in [0.2, 0.25) is 0 Å². The van der Waals surface area contributed by atoms with Crippen molar-refractivity contribution in [1.82, 2.24) is 20.1 Å². The fourth-order valence-electron chi connectivity index (χ4n) is 3.69. The largest absolute Gasteiger partial charge is 0.497 e. The number of rotatable bonds is 7. The van der Waals surface area contributed by atoms with Crippen LogP contribution in [-0.2, 0) is 23.3 Å². The molecule has 0 aliphatic heterocycles. The average molecular weight is 475 g/mol. The predicted molar refractivity (Wildman–Crippen MR) is 137 cm³/mol. The molecule has 176 valence electrons. The first-order valence-electron chi connectivity index (χ1n) is 11.2. The molecule has 6 nitrogen and oxygen atoms in total. The van der Waals surface area contributed by atoms with E-state index in [1.807, 2.05) is 35.8 Å². The number of nitrogens with zero attached hydrogens (tertiary/aromatic N) is 3. The number of amides is 1. The van der Waals surface area contributed by atoms with Crippen LogP contribution in [0.3, 0.4) is 0 Å². The van der Waals surface area contributed by atoms with E-state index in [-0.39, 0.29) is 17.9 Å². The van der Waals surface area contributed by atoms with Crippen LogP contribution in [0.1, 0.15) is 37.6 Å². The molecule has 1 N–H and O–H groups in total. The molecular weight excluding hydrogens is 444 g/mol. The standard InChI is InChI=1S/C27H30N4O2S/c1-18-6-10-20(11-7-18)25-23(16-29-31(25)27(2,3)4)26-30-21(17-34-26)14-24(32)28-15-19-8-12-22(33-5)13-9-19/h6-13,16-17H,14-15H2,1-5H3,(H,28,32). The molecule has 0 aliphatic rings. The summed E-state index contributed by atoms with van der Waals surface area (Å²) in [5.74, 6) is 0.738. The quantitative estimate of drug-likeness (QED) is 0.378. The van der Waals surface area contributed by atoms with E-state index in [9.17, 15) is 4.79 Å². The van der Waals surface area contributed by atoms with E-state index in [0.29, 0.717) is 6.54 Å². The molecule has 2 heterocycles. The zero-order valence-corrected chi connectivity index (χ0v) is 21.1. The van der Waals surface area contributed by atoms with Crippen molar-refractivity contribution in [1.29, 1.82) is 0 Å². The van der Waals surface area contributed by atoms with E-state index in [4.69, 9.17) is 14.8 Å². The van der Waals surface area contributed by atoms with Crippen molar-refractivity contribution in [2.45, 2.75) is 46.2 Å². The van der Waals surface area contributed by atoms with E-state index in [1.165, 1.54) is 5.56 Å². The van der Waals surface area contributed by atoms with Crippen LogP contribution in [0.15, 0.2) is 60.1 Å². The number of aryl methyl sites for hydroxylation is 1. The molecule has 0 atom stereocenters. The summed E-state index contributed by atoms with van der Waals surface area (Å²) in [7, 11) is 1.64. The van der Waals surface area contributed by atoms with E-state index < -0.39 is 0 Å². The monoisotopic (exact) mass is 474 g/mol. The van der Waals surface area contributed by atoms with Crippen LogP contribution in [0.5, 0.6) is 5.75 Å². The Morgan fingerprint density at radius 3 is 2.44 bits per heavy atom. The first-order valence-corrected chi connectivity index (χ1v) is 12.1. The highest BCUT2D eigenvalue weighted by atomic mass is 32.1. The van der Waals surface area contributed by atoms with Crippen LogP contribution in [-0.4, -0.2) is 27.8 Å². The van der Waals surface area contributed by atoms with E-state index >= 15 is 0 Å². The number of aromatic nitrogens is 3. The molecular formula is C27H30N4O2S. The van der Waals surface area contributed by atoms with Gasteiger partial charge in [0.2, 0.25) is 5.91 Å². The second kappa shape index (κ2) is 9.81. The van der Waals surface area contributed by atoms with Gasteiger partial charge in [-0.1, -0.05) is 42.0 Å². The normalized spacial score (nSPS) is 11.4. The Morgan fingerprint density at radius 2 is 1.79 bits per heavy atom. The lowest BCUT2D eigenvalue weighted by Gasteiger charge is -2.23. The molecule has 0 radical (unpaired) electrons. The molecule has 0 aliphatic carbocycles. The lowest BCUT2D eigenvalue weighted by molar-refractivity contribution is -0.120. The lowest BCUT2D eigenvalue weighted by atomic mass is 10.0. The number of thiazole rings is 1. The summed E-state index contributed by atoms with van der Waals surface area (Å²) in [6, 6.07) is 16.1. The number of hydrogen-bond acceptors (Lipinski definition) is 5. The van der Waals surface area contributed by atoms with Gasteiger partial charge in [0.05, 0.1) is 42.2 Å². The van der Waals surface area contributed by atoms with Crippen LogP contribution in [0.4, 0.5) is 0 Å². The van der Waals surface area contributed by atoms with Gasteiger partial charge in [-0.3, -0.25) is 9.48 Å². The van der Waals surface area contributed by atoms with Crippen molar-refractivity contribution in [2.75, 3.05) is 7.11 Å². The third-order valence-corrected chi connectivity index (χ3v) is 6.43. The zero-order chi connectivity index (χ0) is 24.3. The molecule has 34 heavy (non-hydrogen) atoms. The molecule has 2 aromatic heterocycles. The highest BCUT2D eigenvalue weighted by molar-refractivity contribution is 7.13. The molecule has 4 aromatic rings. The van der Waals surface area contributed by atoms with Gasteiger partial charge < -0.3 is 10.1 Å². The SMILES string of the molecule is COc1ccc(CNC(=O)Cc2csc(-c3cnn(C(C)(C)C)c3-c3ccc(C)cc3)n2)cc1. The van der Waals surface area contributed by atoms with Crippen molar-refractivity contribution in [3.63, 3.8) is 0 Å². The van der Waals surface area contributed by atoms with Gasteiger partial charge in [0.1, 0.15) is 10.8 Å². The summed E-state index contributed by atoms with van der Waals surface area (Å²) in [5.41, 5.74) is 5.92. The van der Waals surface area contributed by atoms with Crippen molar-refractivity contribution in [3.05, 3.63) is 76.9 Å². The number of nitrogens with one attached hydrogen (secondary N) is 1. The first-order chi connectivity index (χ1) is 16.2. The number of benzene rings is 2. The Kier molecular flexibility index (Phi) is 6.84. The maximum Gasteiger partial charge on any atom is 0.226 e. The second-order valence-corrected chi connectivity index (χ2v) is 10.2. The Hall–Kier alpha value is -3.45. The van der Waals surface area contributed by atoms with Crippen LogP contribution < -0.4 is 10.1 Å². The minimum atomic E-state index is -0.181. The van der Waals surface area contributed by atoms with Gasteiger partial charge in [-0.05, 0) is 45.4 Å². The summed E-state index contributed by atoms with van der Waals surface area (Å²) >= 11 is 1.54. The van der Waals surface area contributed by atoms with E-state index in [1.54, 1.807) is 18.4 Å². The van der Waals surface area contributed by atoms with Crippen molar-refractivity contribution >= 4 is 17.2 Å². The predicted octanol–water partition coefficient (Wildman–Crippen LogP) is 5.60. The van der Waals surface area contributed by atoms with Crippen LogP contribution in [0, 0.1) is 6.92 Å². The van der Waals surface area contributed by atoms with Crippen molar-refractivity contribution in [3.8, 4) is 27.6 Å². The molecule has 0 unspecified atom stereocenters. The number of carbonyl (C=O) groups excluding carboxylic acids is 1. The third-order valence-electron chi connectivity index (χ3n) is 5.50. The topological polar surface area (TPSA) is 69.0 Å². The average Bonchev–Trinajstić information content (AvgIpc) is 3.45. The molecule has 1 amide bonds. The summed E-state index contributed by atoms with van der Waals surface area (Å²) in [4.78, 5) is 17.3. The molecule has 0 saturated heterocycles. The van der Waals surface area contributed by atoms with Gasteiger partial charge in [-0.25, -0.2) is 4.98 Å². The maximum absolute atomic E-state index is 12.5. The summed E-state index contributed by atoms with van der Waals surface area (Å²) in [6.07, 6.45) is 2.12. The minimum absolute atomic E-state index is 0.0585. The molecule has 7 heteroatoms. The van der Waals surface area contributed by atoms with E-state index in [0.717, 1.165) is 38.8 Å². The molecule has 0 spiro atoms. The van der Waals surface area contributed by atoms with Crippen LogP contribution >= 0.6 is 11.3 Å². The minimum Gasteiger partial charge on any atom is -0.497 e. The fraction of sp³-hybridized carbons (Fsp3) is 0.296. The van der Waals surface area contributed by atoms with Gasteiger partial charge in [0.25, 0.3) is 0 Å². The highest BCUT2D eigenvalue weighted by Crippen LogP contribution is 2.36. The Labute approximate surface area is 204 Å². The number of ether oxygens (including phenoxy) is 1. The van der Waals surface area contributed by atoms with E-state index in [2.05, 4.69) is 62.0 Å². The second-order valence-electron chi connectivity index (χ2n) is 9.30. The summed E-state index contributed by atoms with van der Waals surface area (Å²) < 4.78 is 7.23. The zero-order valence-electron chi connectivity index (χ0n) is 20.3. The molecule has 0 saturated carbocycles. The molecule has 0 bridgehead atoms. The number of methoxy groups -OCH3 is 1. The van der Waals surface area contributed by atoms with Crippen LogP contribution in [0.25, 0.3) is 21.8 Å². The fourth-order valence-corrected chi connectivity index (χ4v) is 4.52. The van der Waals surface area contributed by atoms with Gasteiger partial charge in [-0.2, -0.15) is 5.10 Å². The lowest BCUT2D eigenvalue weighted by Crippen LogP contribution is -2.24. The highest BCUT2D eigenvalue weighted by Gasteiger charge is 2.24. The number of carbonyl (C=O) groups is 1. The third kappa shape index (κ3) is 5.37. The van der Waals surface area contributed by atoms with Gasteiger partial charge in [0.15, 0.2) is 0 Å². The summed E-state index contributed by atoms with van der Waals surface area (Å²) in [5, 5.41) is 10.5. The van der Waals surface area contributed by atoms with Crippen molar-refractivity contribution in [2.24, 2.45) is 0 Å². The van der Waals surface area contributed by atoms with Crippen molar-refractivity contribution < 1.29 is 9.53 Å². The molecule has 4 rings (SSSR count).